The van der Waals surface area contributed by atoms with Crippen molar-refractivity contribution in [2.45, 2.75) is 26.8 Å². The molecule has 0 amide bonds. The van der Waals surface area contributed by atoms with Crippen molar-refractivity contribution in [2.75, 3.05) is 51.8 Å². The molecule has 0 atom stereocenters. The number of aromatic nitrogens is 2. The molecule has 172 valence electrons. The second-order valence-corrected chi connectivity index (χ2v) is 10.2. The standard InChI is InChI=1S/C25H35N5OS/c1-19(2)17-30-18-22(8-10-27-32-28(3)4)23-6-5-20(15-24(23)30)21-7-9-26-25(16-21)29-11-13-31-14-12-29/h5-7,9,15-16,18-19,27H,8,10-14,17H2,1-4H3. The molecule has 1 fully saturated rings. The van der Waals surface area contributed by atoms with Gasteiger partial charge in [0.1, 0.15) is 5.82 Å². The van der Waals surface area contributed by atoms with Crippen LogP contribution in [0.4, 0.5) is 5.82 Å². The Hall–Kier alpha value is -2.06. The molecular weight excluding hydrogens is 418 g/mol. The zero-order valence-corrected chi connectivity index (χ0v) is 20.5. The third-order valence-electron chi connectivity index (χ3n) is 5.68. The molecular formula is C25H35N5OS. The number of nitrogens with one attached hydrogen (secondary N) is 1. The summed E-state index contributed by atoms with van der Waals surface area (Å²) in [6, 6.07) is 11.2. The van der Waals surface area contributed by atoms with Crippen LogP contribution >= 0.6 is 12.1 Å². The van der Waals surface area contributed by atoms with E-state index in [4.69, 9.17) is 4.74 Å². The third kappa shape index (κ3) is 5.64. The molecule has 1 aliphatic rings. The molecule has 6 nitrogen and oxygen atoms in total. The molecule has 1 N–H and O–H groups in total. The van der Waals surface area contributed by atoms with Gasteiger partial charge in [-0.25, -0.2) is 9.29 Å². The van der Waals surface area contributed by atoms with Crippen molar-refractivity contribution < 1.29 is 4.74 Å². The largest absolute Gasteiger partial charge is 0.378 e. The number of benzene rings is 1. The number of fused-ring (bicyclic) bond motifs is 1. The van der Waals surface area contributed by atoms with Gasteiger partial charge in [-0.2, -0.15) is 0 Å². The van der Waals surface area contributed by atoms with Gasteiger partial charge in [-0.05, 0) is 61.3 Å². The Morgan fingerprint density at radius 3 is 2.66 bits per heavy atom. The first-order chi connectivity index (χ1) is 15.5. The van der Waals surface area contributed by atoms with Gasteiger partial charge in [-0.3, -0.25) is 4.72 Å². The van der Waals surface area contributed by atoms with E-state index in [0.717, 1.165) is 51.6 Å². The second kappa shape index (κ2) is 10.7. The molecule has 1 saturated heterocycles. The molecule has 1 aromatic carbocycles. The number of pyridine rings is 1. The topological polar surface area (TPSA) is 45.6 Å². The van der Waals surface area contributed by atoms with Gasteiger partial charge in [0.05, 0.1) is 13.2 Å². The predicted octanol–water partition coefficient (Wildman–Crippen LogP) is 4.45. The molecule has 0 spiro atoms. The summed E-state index contributed by atoms with van der Waals surface area (Å²) in [5, 5.41) is 1.36. The lowest BCUT2D eigenvalue weighted by molar-refractivity contribution is 0.122. The van der Waals surface area contributed by atoms with E-state index < -0.39 is 0 Å². The van der Waals surface area contributed by atoms with Crippen molar-refractivity contribution in [2.24, 2.45) is 5.92 Å². The van der Waals surface area contributed by atoms with Crippen LogP contribution in [-0.2, 0) is 17.7 Å². The molecule has 4 rings (SSSR count). The van der Waals surface area contributed by atoms with Crippen LogP contribution in [0.15, 0.2) is 42.7 Å². The van der Waals surface area contributed by atoms with Gasteiger partial charge >= 0.3 is 0 Å². The van der Waals surface area contributed by atoms with Crippen molar-refractivity contribution in [3.05, 3.63) is 48.3 Å². The fraction of sp³-hybridized carbons (Fsp3) is 0.480. The van der Waals surface area contributed by atoms with Crippen molar-refractivity contribution in [1.29, 1.82) is 0 Å². The highest BCUT2D eigenvalue weighted by Gasteiger charge is 2.15. The Kier molecular flexibility index (Phi) is 7.73. The number of hydrogen-bond donors (Lipinski definition) is 1. The summed E-state index contributed by atoms with van der Waals surface area (Å²) in [4.78, 5) is 6.93. The molecule has 3 heterocycles. The number of nitrogens with zero attached hydrogens (tertiary/aromatic N) is 4. The van der Waals surface area contributed by atoms with Crippen molar-refractivity contribution in [1.82, 2.24) is 18.6 Å². The first kappa shape index (κ1) is 23.1. The summed E-state index contributed by atoms with van der Waals surface area (Å²) in [7, 11) is 4.11. The molecule has 3 aromatic rings. The van der Waals surface area contributed by atoms with Gasteiger partial charge in [-0.1, -0.05) is 26.0 Å². The summed E-state index contributed by atoms with van der Waals surface area (Å²) in [6.07, 6.45) is 5.29. The van der Waals surface area contributed by atoms with E-state index in [2.05, 4.69) is 87.9 Å². The molecule has 0 aliphatic carbocycles. The first-order valence-electron chi connectivity index (χ1n) is 11.5. The minimum Gasteiger partial charge on any atom is -0.378 e. The molecule has 0 saturated carbocycles. The summed E-state index contributed by atoms with van der Waals surface area (Å²) in [5.41, 5.74) is 5.18. The summed E-state index contributed by atoms with van der Waals surface area (Å²) < 4.78 is 13.4. The number of morpholine rings is 1. The van der Waals surface area contributed by atoms with Crippen LogP contribution in [0.1, 0.15) is 19.4 Å². The minimum absolute atomic E-state index is 0.596. The Balaban J connectivity index is 1.62. The Bertz CT molecular complexity index is 1030. The van der Waals surface area contributed by atoms with Gasteiger partial charge in [0.15, 0.2) is 0 Å². The molecule has 0 radical (unpaired) electrons. The highest BCUT2D eigenvalue weighted by Crippen LogP contribution is 2.30. The summed E-state index contributed by atoms with van der Waals surface area (Å²) >= 11 is 1.64. The van der Waals surface area contributed by atoms with Crippen molar-refractivity contribution in [3.8, 4) is 11.1 Å². The van der Waals surface area contributed by atoms with E-state index in [1.165, 1.54) is 27.6 Å². The molecule has 1 aliphatic heterocycles. The van der Waals surface area contributed by atoms with Gasteiger partial charge < -0.3 is 14.2 Å². The predicted molar refractivity (Wildman–Crippen MR) is 136 cm³/mol. The maximum atomic E-state index is 5.50. The van der Waals surface area contributed by atoms with E-state index >= 15 is 0 Å². The zero-order valence-electron chi connectivity index (χ0n) is 19.7. The fourth-order valence-electron chi connectivity index (χ4n) is 4.22. The average Bonchev–Trinajstić information content (AvgIpc) is 3.13. The van der Waals surface area contributed by atoms with Crippen molar-refractivity contribution >= 4 is 28.9 Å². The SMILES string of the molecule is CC(C)Cn1cc(CCNSN(C)C)c2ccc(-c3ccnc(N4CCOCC4)c3)cc21. The van der Waals surface area contributed by atoms with Crippen LogP contribution in [0.3, 0.4) is 0 Å². The number of ether oxygens (including phenoxy) is 1. The summed E-state index contributed by atoms with van der Waals surface area (Å²) in [6.45, 7) is 9.86. The number of rotatable bonds is 9. The van der Waals surface area contributed by atoms with Crippen LogP contribution in [-0.4, -0.2) is 60.8 Å². The molecule has 0 unspecified atom stereocenters. The van der Waals surface area contributed by atoms with Crippen LogP contribution in [0, 0.1) is 5.92 Å². The zero-order chi connectivity index (χ0) is 22.5. The highest BCUT2D eigenvalue weighted by atomic mass is 32.2. The van der Waals surface area contributed by atoms with E-state index in [1.807, 2.05) is 6.20 Å². The fourth-order valence-corrected chi connectivity index (χ4v) is 4.67. The number of anilines is 1. The van der Waals surface area contributed by atoms with Crippen LogP contribution in [0.25, 0.3) is 22.0 Å². The molecule has 7 heteroatoms. The van der Waals surface area contributed by atoms with E-state index in [-0.39, 0.29) is 0 Å². The van der Waals surface area contributed by atoms with Gasteiger partial charge in [-0.15, -0.1) is 0 Å². The average molecular weight is 454 g/mol. The van der Waals surface area contributed by atoms with Crippen LogP contribution in [0.5, 0.6) is 0 Å². The Labute approximate surface area is 196 Å². The lowest BCUT2D eigenvalue weighted by Crippen LogP contribution is -2.36. The number of hydrogen-bond acceptors (Lipinski definition) is 6. The minimum atomic E-state index is 0.596. The quantitative estimate of drug-likeness (QED) is 0.381. The monoisotopic (exact) mass is 453 g/mol. The van der Waals surface area contributed by atoms with E-state index in [9.17, 15) is 0 Å². The van der Waals surface area contributed by atoms with Gasteiger partial charge in [0.2, 0.25) is 0 Å². The highest BCUT2D eigenvalue weighted by molar-refractivity contribution is 7.95. The lowest BCUT2D eigenvalue weighted by atomic mass is 10.0. The lowest BCUT2D eigenvalue weighted by Gasteiger charge is -2.28. The van der Waals surface area contributed by atoms with Gasteiger partial charge in [0, 0.05) is 61.6 Å². The first-order valence-corrected chi connectivity index (χ1v) is 12.3. The summed E-state index contributed by atoms with van der Waals surface area (Å²) in [5.74, 6) is 1.63. The maximum absolute atomic E-state index is 5.50. The third-order valence-corrected chi connectivity index (χ3v) is 6.38. The molecule has 0 bridgehead atoms. The maximum Gasteiger partial charge on any atom is 0.129 e. The van der Waals surface area contributed by atoms with Gasteiger partial charge in [0.25, 0.3) is 0 Å². The second-order valence-electron chi connectivity index (χ2n) is 8.98. The van der Waals surface area contributed by atoms with Crippen molar-refractivity contribution in [3.63, 3.8) is 0 Å². The normalized spacial score (nSPS) is 14.8. The molecule has 32 heavy (non-hydrogen) atoms. The van der Waals surface area contributed by atoms with Crippen LogP contribution < -0.4 is 9.62 Å². The van der Waals surface area contributed by atoms with E-state index in [1.54, 1.807) is 12.1 Å². The smallest absolute Gasteiger partial charge is 0.129 e. The van der Waals surface area contributed by atoms with E-state index in [0.29, 0.717) is 5.92 Å². The molecule has 2 aromatic heterocycles. The van der Waals surface area contributed by atoms with Crippen LogP contribution in [0.2, 0.25) is 0 Å². The Morgan fingerprint density at radius 1 is 1.12 bits per heavy atom. The Morgan fingerprint density at radius 2 is 1.91 bits per heavy atom.